The van der Waals surface area contributed by atoms with E-state index in [9.17, 15) is 8.42 Å². The Labute approximate surface area is 42.5 Å². The maximum Gasteiger partial charge on any atom is 0.144 e. The summed E-state index contributed by atoms with van der Waals surface area (Å²) in [4.78, 5) is 0. The SMILES string of the molecule is CS(C)(=O)=O.[SiH4]. The summed E-state index contributed by atoms with van der Waals surface area (Å²) in [6.07, 6.45) is 2.32. The van der Waals surface area contributed by atoms with Crippen molar-refractivity contribution in [3.05, 3.63) is 0 Å². The van der Waals surface area contributed by atoms with Crippen LogP contribution >= 0.6 is 0 Å². The largest absolute Gasteiger partial charge is 0.229 e. The molecule has 0 saturated heterocycles. The Morgan fingerprint density at radius 1 is 1.17 bits per heavy atom. The van der Waals surface area contributed by atoms with Crippen LogP contribution in [0.25, 0.3) is 0 Å². The smallest absolute Gasteiger partial charge is 0.144 e. The molecule has 2 nitrogen and oxygen atoms in total. The van der Waals surface area contributed by atoms with E-state index in [0.29, 0.717) is 0 Å². The molecule has 0 aromatic carbocycles. The molecule has 0 unspecified atom stereocenters. The predicted molar refractivity (Wildman–Crippen MR) is 32.1 cm³/mol. The van der Waals surface area contributed by atoms with Crippen LogP contribution in [0.4, 0.5) is 0 Å². The molecule has 0 aliphatic heterocycles. The number of hydrogen-bond acceptors (Lipinski definition) is 2. The van der Waals surface area contributed by atoms with Crippen LogP contribution in [0.2, 0.25) is 0 Å². The van der Waals surface area contributed by atoms with E-state index < -0.39 is 9.84 Å². The minimum atomic E-state index is -2.67. The van der Waals surface area contributed by atoms with E-state index in [-0.39, 0.29) is 11.0 Å². The topological polar surface area (TPSA) is 34.1 Å². The van der Waals surface area contributed by atoms with Gasteiger partial charge in [0.25, 0.3) is 0 Å². The molecular formula is C2H10O2SSi. The lowest BCUT2D eigenvalue weighted by molar-refractivity contribution is 0.607. The van der Waals surface area contributed by atoms with Crippen molar-refractivity contribution in [1.29, 1.82) is 0 Å². The van der Waals surface area contributed by atoms with Crippen LogP contribution in [-0.2, 0) is 9.84 Å². The second-order valence-electron chi connectivity index (χ2n) is 1.14. The molecule has 6 heavy (non-hydrogen) atoms. The Morgan fingerprint density at radius 2 is 1.17 bits per heavy atom. The molecule has 0 aliphatic carbocycles. The summed E-state index contributed by atoms with van der Waals surface area (Å²) in [5.74, 6) is 0. The lowest BCUT2D eigenvalue weighted by Crippen LogP contribution is -1.86. The van der Waals surface area contributed by atoms with Gasteiger partial charge in [0.2, 0.25) is 0 Å². The highest BCUT2D eigenvalue weighted by Gasteiger charge is 1.79. The fourth-order valence-electron chi connectivity index (χ4n) is 0. The number of sulfone groups is 1. The quantitative estimate of drug-likeness (QED) is 0.359. The molecular weight excluding hydrogens is 116 g/mol. The normalized spacial score (nSPS) is 9.67. The molecule has 0 heterocycles. The van der Waals surface area contributed by atoms with E-state index in [4.69, 9.17) is 0 Å². The van der Waals surface area contributed by atoms with Crippen molar-refractivity contribution in [3.8, 4) is 0 Å². The molecule has 0 radical (unpaired) electrons. The van der Waals surface area contributed by atoms with Crippen LogP contribution in [0.15, 0.2) is 0 Å². The van der Waals surface area contributed by atoms with Gasteiger partial charge in [0.1, 0.15) is 9.84 Å². The predicted octanol–water partition coefficient (Wildman–Crippen LogP) is -1.79. The molecule has 0 fully saturated rings. The highest BCUT2D eigenvalue weighted by Crippen LogP contribution is 1.61. The molecule has 0 aliphatic rings. The van der Waals surface area contributed by atoms with Gasteiger partial charge in [-0.2, -0.15) is 0 Å². The van der Waals surface area contributed by atoms with Crippen LogP contribution in [0.3, 0.4) is 0 Å². The van der Waals surface area contributed by atoms with Gasteiger partial charge in [0, 0.05) is 12.5 Å². The van der Waals surface area contributed by atoms with Crippen LogP contribution in [-0.4, -0.2) is 31.9 Å². The third-order valence-corrected chi connectivity index (χ3v) is 0. The van der Waals surface area contributed by atoms with E-state index in [1.807, 2.05) is 0 Å². The van der Waals surface area contributed by atoms with E-state index >= 15 is 0 Å². The molecule has 0 rings (SSSR count). The first-order valence-corrected chi connectivity index (χ1v) is 3.45. The Hall–Kier alpha value is 0.167. The summed E-state index contributed by atoms with van der Waals surface area (Å²) in [6, 6.07) is 0. The van der Waals surface area contributed by atoms with Crippen molar-refractivity contribution in [2.75, 3.05) is 12.5 Å². The minimum Gasteiger partial charge on any atom is -0.229 e. The van der Waals surface area contributed by atoms with Gasteiger partial charge in [-0.3, -0.25) is 0 Å². The molecule has 0 aromatic rings. The van der Waals surface area contributed by atoms with Gasteiger partial charge in [0.05, 0.1) is 0 Å². The van der Waals surface area contributed by atoms with E-state index in [0.717, 1.165) is 12.5 Å². The Balaban J connectivity index is 0. The minimum absolute atomic E-state index is 0. The van der Waals surface area contributed by atoms with Gasteiger partial charge < -0.3 is 0 Å². The van der Waals surface area contributed by atoms with Gasteiger partial charge in [-0.1, -0.05) is 0 Å². The van der Waals surface area contributed by atoms with Crippen LogP contribution < -0.4 is 0 Å². The molecule has 0 spiro atoms. The molecule has 0 N–H and O–H groups in total. The number of rotatable bonds is 0. The maximum atomic E-state index is 9.63. The lowest BCUT2D eigenvalue weighted by atomic mass is 11.9. The average molecular weight is 126 g/mol. The third kappa shape index (κ3) is 1500. The van der Waals surface area contributed by atoms with Crippen LogP contribution in [0.1, 0.15) is 0 Å². The molecule has 0 aromatic heterocycles. The van der Waals surface area contributed by atoms with Crippen molar-refractivity contribution in [1.82, 2.24) is 0 Å². The Kier molecular flexibility index (Phi) is 3.73. The van der Waals surface area contributed by atoms with Crippen molar-refractivity contribution in [2.45, 2.75) is 0 Å². The average Bonchev–Trinajstić information content (AvgIpc) is 0.722. The second-order valence-corrected chi connectivity index (χ2v) is 3.43. The van der Waals surface area contributed by atoms with Crippen LogP contribution in [0, 0.1) is 0 Å². The first-order chi connectivity index (χ1) is 2.00. The zero-order valence-electron chi connectivity index (χ0n) is 3.22. The first kappa shape index (κ1) is 9.48. The fraction of sp³-hybridized carbons (Fsp3) is 1.00. The van der Waals surface area contributed by atoms with Gasteiger partial charge in [0.15, 0.2) is 0 Å². The van der Waals surface area contributed by atoms with E-state index in [1.165, 1.54) is 0 Å². The van der Waals surface area contributed by atoms with Crippen molar-refractivity contribution >= 4 is 20.8 Å². The van der Waals surface area contributed by atoms with Crippen LogP contribution in [0.5, 0.6) is 0 Å². The molecule has 0 atom stereocenters. The molecule has 0 amide bonds. The molecule has 0 bridgehead atoms. The lowest BCUT2D eigenvalue weighted by Gasteiger charge is -1.69. The standard InChI is InChI=1S/C2H6O2S.H4Si/c1-5(2,3)4;/h1-2H3;1H4. The van der Waals surface area contributed by atoms with Gasteiger partial charge in [-0.05, 0) is 11.0 Å². The van der Waals surface area contributed by atoms with E-state index in [2.05, 4.69) is 0 Å². The molecule has 0 saturated carbocycles. The van der Waals surface area contributed by atoms with E-state index in [1.54, 1.807) is 0 Å². The summed E-state index contributed by atoms with van der Waals surface area (Å²) < 4.78 is 19.3. The van der Waals surface area contributed by atoms with Gasteiger partial charge >= 0.3 is 0 Å². The van der Waals surface area contributed by atoms with Crippen molar-refractivity contribution < 1.29 is 8.42 Å². The zero-order valence-corrected chi connectivity index (χ0v) is 4.04. The summed E-state index contributed by atoms with van der Waals surface area (Å²) in [6.45, 7) is 0. The Bertz CT molecular complexity index is 94.7. The summed E-state index contributed by atoms with van der Waals surface area (Å²) in [7, 11) is -2.67. The highest BCUT2D eigenvalue weighted by atomic mass is 32.2. The summed E-state index contributed by atoms with van der Waals surface area (Å²) >= 11 is 0. The van der Waals surface area contributed by atoms with Gasteiger partial charge in [-0.15, -0.1) is 0 Å². The summed E-state index contributed by atoms with van der Waals surface area (Å²) in [5, 5.41) is 0. The number of hydrogen-bond donors (Lipinski definition) is 0. The monoisotopic (exact) mass is 126 g/mol. The molecule has 40 valence electrons. The second kappa shape index (κ2) is 2.36. The van der Waals surface area contributed by atoms with Gasteiger partial charge in [-0.25, -0.2) is 8.42 Å². The zero-order chi connectivity index (χ0) is 4.50. The summed E-state index contributed by atoms with van der Waals surface area (Å²) in [5.41, 5.74) is 0. The first-order valence-electron chi connectivity index (χ1n) is 1.15. The molecule has 4 heteroatoms. The van der Waals surface area contributed by atoms with Crippen molar-refractivity contribution in [2.24, 2.45) is 0 Å². The fourth-order valence-corrected chi connectivity index (χ4v) is 0. The maximum absolute atomic E-state index is 9.63. The highest BCUT2D eigenvalue weighted by molar-refractivity contribution is 7.89. The van der Waals surface area contributed by atoms with Crippen molar-refractivity contribution in [3.63, 3.8) is 0 Å². The Morgan fingerprint density at radius 3 is 1.17 bits per heavy atom. The third-order valence-electron chi connectivity index (χ3n) is 0.